The molecule has 2 aliphatic carbocycles. The topological polar surface area (TPSA) is 9.23 Å². The Kier molecular flexibility index (Phi) is 3.57. The summed E-state index contributed by atoms with van der Waals surface area (Å²) in [6, 6.07) is 17.7. The first kappa shape index (κ1) is 14.3. The molecule has 0 spiro atoms. The Hall–Kier alpha value is -2.28. The second-order valence-electron chi connectivity index (χ2n) is 6.44. The molecule has 0 saturated carbocycles. The van der Waals surface area contributed by atoms with Crippen molar-refractivity contribution in [3.05, 3.63) is 77.4 Å². The van der Waals surface area contributed by atoms with Gasteiger partial charge < -0.3 is 4.74 Å². The van der Waals surface area contributed by atoms with Gasteiger partial charge in [-0.15, -0.1) is 0 Å². The number of benzene rings is 2. The third-order valence-corrected chi connectivity index (χ3v) is 5.19. The molecule has 1 heteroatoms. The molecule has 116 valence electrons. The van der Waals surface area contributed by atoms with E-state index in [9.17, 15) is 0 Å². The van der Waals surface area contributed by atoms with Crippen LogP contribution in [0.25, 0.3) is 11.1 Å². The van der Waals surface area contributed by atoms with Gasteiger partial charge in [0, 0.05) is 11.8 Å². The first-order valence-electron chi connectivity index (χ1n) is 8.46. The van der Waals surface area contributed by atoms with Crippen molar-refractivity contribution in [2.45, 2.75) is 19.8 Å². The molecule has 0 radical (unpaired) electrons. The molecule has 0 fully saturated rings. The zero-order valence-electron chi connectivity index (χ0n) is 13.8. The Bertz CT molecular complexity index is 697. The highest BCUT2D eigenvalue weighted by atomic mass is 16.5. The molecule has 0 aliphatic heterocycles. The van der Waals surface area contributed by atoms with Crippen LogP contribution in [-0.2, 0) is 6.42 Å². The Morgan fingerprint density at radius 2 is 1.35 bits per heavy atom. The zero-order valence-corrected chi connectivity index (χ0v) is 13.8. The molecule has 0 saturated heterocycles. The third-order valence-electron chi connectivity index (χ3n) is 5.19. The zero-order chi connectivity index (χ0) is 15.8. The summed E-state index contributed by atoms with van der Waals surface area (Å²) in [6.07, 6.45) is 7.09. The molecular weight excluding hydrogens is 280 g/mol. The molecule has 2 aromatic carbocycles. The van der Waals surface area contributed by atoms with Crippen molar-refractivity contribution in [2.75, 3.05) is 7.11 Å². The average molecular weight is 302 g/mol. The summed E-state index contributed by atoms with van der Waals surface area (Å²) in [5.74, 6) is 2.06. The van der Waals surface area contributed by atoms with E-state index in [1.54, 1.807) is 7.11 Å². The molecule has 0 amide bonds. The van der Waals surface area contributed by atoms with Gasteiger partial charge in [-0.3, -0.25) is 0 Å². The van der Waals surface area contributed by atoms with Crippen molar-refractivity contribution in [2.24, 2.45) is 11.8 Å². The number of aryl methyl sites for hydroxylation is 1. The second-order valence-corrected chi connectivity index (χ2v) is 6.44. The van der Waals surface area contributed by atoms with E-state index in [4.69, 9.17) is 4.74 Å². The smallest absolute Gasteiger partial charge is 0.118 e. The largest absolute Gasteiger partial charge is 0.497 e. The van der Waals surface area contributed by atoms with Crippen LogP contribution in [0.4, 0.5) is 0 Å². The lowest BCUT2D eigenvalue weighted by Crippen LogP contribution is -1.99. The first-order chi connectivity index (χ1) is 11.3. The Balaban J connectivity index is 1.80. The van der Waals surface area contributed by atoms with Gasteiger partial charge in [0.05, 0.1) is 7.11 Å². The van der Waals surface area contributed by atoms with Crippen LogP contribution in [0.15, 0.2) is 60.7 Å². The highest BCUT2D eigenvalue weighted by Crippen LogP contribution is 2.52. The molecule has 23 heavy (non-hydrogen) atoms. The summed E-state index contributed by atoms with van der Waals surface area (Å²) < 4.78 is 5.30. The summed E-state index contributed by atoms with van der Waals surface area (Å²) in [4.78, 5) is 0. The molecule has 2 atom stereocenters. The van der Waals surface area contributed by atoms with Gasteiger partial charge >= 0.3 is 0 Å². The van der Waals surface area contributed by atoms with Crippen LogP contribution in [0.2, 0.25) is 0 Å². The molecule has 0 N–H and O–H groups in total. The van der Waals surface area contributed by atoms with Crippen LogP contribution in [0.3, 0.4) is 0 Å². The predicted octanol–water partition coefficient (Wildman–Crippen LogP) is 5.37. The minimum atomic E-state index is 0.564. The highest BCUT2D eigenvalue weighted by Gasteiger charge is 2.36. The third kappa shape index (κ3) is 2.41. The quantitative estimate of drug-likeness (QED) is 0.689. The van der Waals surface area contributed by atoms with Crippen molar-refractivity contribution in [3.63, 3.8) is 0 Å². The lowest BCUT2D eigenvalue weighted by Gasteiger charge is -2.18. The molecule has 2 bridgehead atoms. The molecule has 1 nitrogen and oxygen atoms in total. The monoisotopic (exact) mass is 302 g/mol. The van der Waals surface area contributed by atoms with Crippen LogP contribution in [-0.4, -0.2) is 7.11 Å². The second kappa shape index (κ2) is 5.73. The predicted molar refractivity (Wildman–Crippen MR) is 96.4 cm³/mol. The first-order valence-corrected chi connectivity index (χ1v) is 8.46. The summed E-state index contributed by atoms with van der Waals surface area (Å²) in [7, 11) is 1.72. The molecule has 0 heterocycles. The number of allylic oxidation sites excluding steroid dienone is 4. The Morgan fingerprint density at radius 1 is 0.826 bits per heavy atom. The Morgan fingerprint density at radius 3 is 1.83 bits per heavy atom. The van der Waals surface area contributed by atoms with E-state index in [0.29, 0.717) is 11.8 Å². The summed E-state index contributed by atoms with van der Waals surface area (Å²) in [5.41, 5.74) is 7.14. The number of ether oxygens (including phenoxy) is 1. The standard InChI is InChI=1S/C22H22O/c1-3-15-4-6-16(7-5-15)21-18-8-9-19(14-18)22(21)17-10-12-20(23-2)13-11-17/h4-13,18-19H,3,14H2,1-2H3/t18-,19+/m0/s1. The Labute approximate surface area is 138 Å². The van der Waals surface area contributed by atoms with Crippen LogP contribution in [0.5, 0.6) is 5.75 Å². The van der Waals surface area contributed by atoms with Gasteiger partial charge in [-0.25, -0.2) is 0 Å². The molecule has 2 aliphatic rings. The fourth-order valence-corrected chi connectivity index (χ4v) is 3.96. The van der Waals surface area contributed by atoms with Crippen molar-refractivity contribution >= 4 is 11.1 Å². The maximum Gasteiger partial charge on any atom is 0.118 e. The number of rotatable bonds is 4. The van der Waals surface area contributed by atoms with Crippen LogP contribution < -0.4 is 4.74 Å². The van der Waals surface area contributed by atoms with E-state index in [2.05, 4.69) is 67.6 Å². The van der Waals surface area contributed by atoms with Crippen molar-refractivity contribution < 1.29 is 4.74 Å². The van der Waals surface area contributed by atoms with E-state index in [1.807, 2.05) is 0 Å². The normalized spacial score (nSPS) is 22.0. The molecule has 0 unspecified atom stereocenters. The molecular formula is C22H22O. The van der Waals surface area contributed by atoms with Crippen molar-refractivity contribution in [1.29, 1.82) is 0 Å². The molecule has 2 aromatic rings. The fraction of sp³-hybridized carbons (Fsp3) is 0.273. The average Bonchev–Trinajstić information content (AvgIpc) is 3.23. The van der Waals surface area contributed by atoms with Crippen LogP contribution >= 0.6 is 0 Å². The van der Waals surface area contributed by atoms with Gasteiger partial charge in [0.2, 0.25) is 0 Å². The van der Waals surface area contributed by atoms with E-state index in [-0.39, 0.29) is 0 Å². The summed E-state index contributed by atoms with van der Waals surface area (Å²) >= 11 is 0. The lowest BCUT2D eigenvalue weighted by molar-refractivity contribution is 0.415. The fourth-order valence-electron chi connectivity index (χ4n) is 3.96. The number of hydrogen-bond acceptors (Lipinski definition) is 1. The summed E-state index contributed by atoms with van der Waals surface area (Å²) in [5, 5.41) is 0. The van der Waals surface area contributed by atoms with Crippen molar-refractivity contribution in [3.8, 4) is 5.75 Å². The minimum absolute atomic E-state index is 0.564. The molecule has 0 aromatic heterocycles. The molecule has 4 rings (SSSR count). The van der Waals surface area contributed by atoms with Gasteiger partial charge in [-0.1, -0.05) is 55.5 Å². The minimum Gasteiger partial charge on any atom is -0.497 e. The SMILES string of the molecule is CCc1ccc(C2=C(c3ccc(OC)cc3)[C@@H]3C=C[C@H]2C3)cc1. The van der Waals surface area contributed by atoms with Gasteiger partial charge in [-0.05, 0) is 52.8 Å². The van der Waals surface area contributed by atoms with E-state index in [0.717, 1.165) is 12.2 Å². The van der Waals surface area contributed by atoms with Crippen molar-refractivity contribution in [1.82, 2.24) is 0 Å². The van der Waals surface area contributed by atoms with E-state index in [1.165, 1.54) is 34.3 Å². The van der Waals surface area contributed by atoms with E-state index >= 15 is 0 Å². The highest BCUT2D eigenvalue weighted by molar-refractivity contribution is 5.97. The van der Waals surface area contributed by atoms with Gasteiger partial charge in [0.1, 0.15) is 5.75 Å². The van der Waals surface area contributed by atoms with Gasteiger partial charge in [0.15, 0.2) is 0 Å². The van der Waals surface area contributed by atoms with Gasteiger partial charge in [-0.2, -0.15) is 0 Å². The maximum atomic E-state index is 5.30. The maximum absolute atomic E-state index is 5.30. The lowest BCUT2D eigenvalue weighted by atomic mass is 9.87. The van der Waals surface area contributed by atoms with Crippen LogP contribution in [0.1, 0.15) is 30.0 Å². The number of hydrogen-bond donors (Lipinski definition) is 0. The van der Waals surface area contributed by atoms with E-state index < -0.39 is 0 Å². The van der Waals surface area contributed by atoms with Crippen LogP contribution in [0, 0.1) is 11.8 Å². The van der Waals surface area contributed by atoms with Gasteiger partial charge in [0.25, 0.3) is 0 Å². The number of fused-ring (bicyclic) bond motifs is 2. The summed E-state index contributed by atoms with van der Waals surface area (Å²) in [6.45, 7) is 2.21. The number of methoxy groups -OCH3 is 1.